The van der Waals surface area contributed by atoms with E-state index in [-0.39, 0.29) is 12.5 Å². The second-order valence-electron chi connectivity index (χ2n) is 6.35. The van der Waals surface area contributed by atoms with Crippen molar-refractivity contribution < 1.29 is 9.90 Å². The number of carbonyl (C=O) groups is 1. The molecule has 0 unspecified atom stereocenters. The molecule has 0 saturated carbocycles. The molecule has 5 heteroatoms. The molecule has 2 rings (SSSR count). The van der Waals surface area contributed by atoms with Crippen molar-refractivity contribution in [3.8, 4) is 0 Å². The summed E-state index contributed by atoms with van der Waals surface area (Å²) in [7, 11) is 0. The maximum absolute atomic E-state index is 12.3. The molecule has 122 valence electrons. The minimum Gasteiger partial charge on any atom is -0.394 e. The van der Waals surface area contributed by atoms with Crippen LogP contribution in [0.3, 0.4) is 0 Å². The van der Waals surface area contributed by atoms with Crippen LogP contribution in [-0.2, 0) is 0 Å². The molecule has 0 radical (unpaired) electrons. The summed E-state index contributed by atoms with van der Waals surface area (Å²) in [4.78, 5) is 16.5. The Morgan fingerprint density at radius 3 is 2.48 bits per heavy atom. The number of aromatic nitrogens is 1. The Hall–Kier alpha value is -2.40. The Balaban J connectivity index is 2.05. The van der Waals surface area contributed by atoms with Gasteiger partial charge in [-0.05, 0) is 63.1 Å². The van der Waals surface area contributed by atoms with E-state index in [4.69, 9.17) is 0 Å². The quantitative estimate of drug-likeness (QED) is 0.793. The lowest BCUT2D eigenvalue weighted by Crippen LogP contribution is -2.35. The van der Waals surface area contributed by atoms with E-state index < -0.39 is 5.54 Å². The average molecular weight is 313 g/mol. The van der Waals surface area contributed by atoms with Gasteiger partial charge in [0.25, 0.3) is 5.91 Å². The van der Waals surface area contributed by atoms with Gasteiger partial charge in [0.05, 0.1) is 24.0 Å². The molecular formula is C18H23N3O2. The van der Waals surface area contributed by atoms with Crippen molar-refractivity contribution >= 4 is 17.4 Å². The molecule has 0 saturated heterocycles. The summed E-state index contributed by atoms with van der Waals surface area (Å²) in [5.74, 6) is 0.486. The number of carbonyl (C=O) groups excluding carboxylic acids is 1. The molecule has 2 aromatic rings. The van der Waals surface area contributed by atoms with Gasteiger partial charge in [-0.2, -0.15) is 0 Å². The molecule has 5 nitrogen and oxygen atoms in total. The van der Waals surface area contributed by atoms with E-state index in [0.717, 1.165) is 11.1 Å². The molecule has 1 heterocycles. The van der Waals surface area contributed by atoms with Crippen LogP contribution < -0.4 is 10.6 Å². The number of rotatable bonds is 5. The van der Waals surface area contributed by atoms with Crippen LogP contribution in [-0.4, -0.2) is 28.1 Å². The van der Waals surface area contributed by atoms with Crippen molar-refractivity contribution in [3.63, 3.8) is 0 Å². The summed E-state index contributed by atoms with van der Waals surface area (Å²) in [5.41, 5.74) is 3.04. The van der Waals surface area contributed by atoms with Gasteiger partial charge in [-0.1, -0.05) is 6.07 Å². The van der Waals surface area contributed by atoms with Crippen molar-refractivity contribution in [2.24, 2.45) is 0 Å². The minimum atomic E-state index is -0.447. The monoisotopic (exact) mass is 313 g/mol. The van der Waals surface area contributed by atoms with Gasteiger partial charge in [0.15, 0.2) is 0 Å². The standard InChI is InChI=1S/C18H23N3O2/c1-12-5-6-14(9-13(12)2)17(23)20-15-7-8-16(19-10-15)21-18(3,4)11-22/h5-10,22H,11H2,1-4H3,(H,19,21)(H,20,23). The topological polar surface area (TPSA) is 74.2 Å². The number of aryl methyl sites for hydroxylation is 2. The van der Waals surface area contributed by atoms with E-state index >= 15 is 0 Å². The molecule has 3 N–H and O–H groups in total. The molecule has 0 bridgehead atoms. The van der Waals surface area contributed by atoms with Crippen molar-refractivity contribution in [1.29, 1.82) is 0 Å². The molecule has 0 aliphatic carbocycles. The van der Waals surface area contributed by atoms with Gasteiger partial charge in [0.1, 0.15) is 5.82 Å². The van der Waals surface area contributed by atoms with Crippen LogP contribution in [0.4, 0.5) is 11.5 Å². The highest BCUT2D eigenvalue weighted by Crippen LogP contribution is 2.16. The van der Waals surface area contributed by atoms with Crippen molar-refractivity contribution in [1.82, 2.24) is 4.98 Å². The Bertz CT molecular complexity index is 694. The SMILES string of the molecule is Cc1ccc(C(=O)Nc2ccc(NC(C)(C)CO)nc2)cc1C. The van der Waals surface area contributed by atoms with Crippen LogP contribution in [0.5, 0.6) is 0 Å². The zero-order valence-electron chi connectivity index (χ0n) is 14.0. The van der Waals surface area contributed by atoms with Crippen LogP contribution in [0.25, 0.3) is 0 Å². The number of nitrogens with zero attached hydrogens (tertiary/aromatic N) is 1. The van der Waals surface area contributed by atoms with E-state index in [1.807, 2.05) is 45.9 Å². The highest BCUT2D eigenvalue weighted by molar-refractivity contribution is 6.04. The molecule has 1 amide bonds. The zero-order chi connectivity index (χ0) is 17.0. The normalized spacial score (nSPS) is 11.2. The lowest BCUT2D eigenvalue weighted by Gasteiger charge is -2.24. The van der Waals surface area contributed by atoms with Crippen molar-refractivity contribution in [3.05, 3.63) is 53.2 Å². The second-order valence-corrected chi connectivity index (χ2v) is 6.35. The molecule has 1 aromatic heterocycles. The van der Waals surface area contributed by atoms with Gasteiger partial charge in [-0.15, -0.1) is 0 Å². The third kappa shape index (κ3) is 4.53. The largest absolute Gasteiger partial charge is 0.394 e. The molecule has 23 heavy (non-hydrogen) atoms. The van der Waals surface area contributed by atoms with Crippen LogP contribution in [0, 0.1) is 13.8 Å². The Labute approximate surface area is 136 Å². The first-order valence-corrected chi connectivity index (χ1v) is 7.54. The number of hydrogen-bond acceptors (Lipinski definition) is 4. The number of anilines is 2. The number of hydrogen-bond donors (Lipinski definition) is 3. The maximum atomic E-state index is 12.3. The molecule has 0 atom stereocenters. The van der Waals surface area contributed by atoms with Gasteiger partial charge >= 0.3 is 0 Å². The summed E-state index contributed by atoms with van der Waals surface area (Å²) in [6.45, 7) is 7.76. The molecule has 0 aliphatic heterocycles. The number of aliphatic hydroxyl groups is 1. The Morgan fingerprint density at radius 1 is 1.17 bits per heavy atom. The highest BCUT2D eigenvalue weighted by atomic mass is 16.3. The van der Waals surface area contributed by atoms with E-state index in [0.29, 0.717) is 17.1 Å². The van der Waals surface area contributed by atoms with Crippen molar-refractivity contribution in [2.75, 3.05) is 17.2 Å². The molecular weight excluding hydrogens is 290 g/mol. The van der Waals surface area contributed by atoms with Crippen LogP contribution in [0.2, 0.25) is 0 Å². The molecule has 0 spiro atoms. The summed E-state index contributed by atoms with van der Waals surface area (Å²) in [6, 6.07) is 9.17. The van der Waals surface area contributed by atoms with Crippen LogP contribution >= 0.6 is 0 Å². The third-order valence-corrected chi connectivity index (χ3v) is 3.65. The summed E-state index contributed by atoms with van der Waals surface area (Å²) < 4.78 is 0. The first kappa shape index (κ1) is 17.0. The first-order chi connectivity index (χ1) is 10.8. The number of nitrogens with one attached hydrogen (secondary N) is 2. The van der Waals surface area contributed by atoms with E-state index in [2.05, 4.69) is 15.6 Å². The zero-order valence-corrected chi connectivity index (χ0v) is 14.0. The fourth-order valence-electron chi connectivity index (χ4n) is 2.01. The number of amides is 1. The number of pyridine rings is 1. The van der Waals surface area contributed by atoms with Crippen LogP contribution in [0.1, 0.15) is 35.3 Å². The highest BCUT2D eigenvalue weighted by Gasteiger charge is 2.16. The summed E-state index contributed by atoms with van der Waals surface area (Å²) in [5, 5.41) is 15.2. The molecule has 0 fully saturated rings. The van der Waals surface area contributed by atoms with Gasteiger partial charge < -0.3 is 15.7 Å². The molecule has 0 aliphatic rings. The lowest BCUT2D eigenvalue weighted by molar-refractivity contribution is 0.102. The smallest absolute Gasteiger partial charge is 0.255 e. The van der Waals surface area contributed by atoms with Gasteiger partial charge in [0, 0.05) is 5.56 Å². The Kier molecular flexibility index (Phi) is 5.01. The van der Waals surface area contributed by atoms with Crippen LogP contribution in [0.15, 0.2) is 36.5 Å². The van der Waals surface area contributed by atoms with E-state index in [1.165, 1.54) is 0 Å². The van der Waals surface area contributed by atoms with Crippen molar-refractivity contribution in [2.45, 2.75) is 33.2 Å². The third-order valence-electron chi connectivity index (χ3n) is 3.65. The summed E-state index contributed by atoms with van der Waals surface area (Å²) in [6.07, 6.45) is 1.59. The van der Waals surface area contributed by atoms with Gasteiger partial charge in [-0.25, -0.2) is 4.98 Å². The Morgan fingerprint density at radius 2 is 1.91 bits per heavy atom. The minimum absolute atomic E-state index is 0.0000572. The molecule has 1 aromatic carbocycles. The first-order valence-electron chi connectivity index (χ1n) is 7.54. The second kappa shape index (κ2) is 6.79. The fraction of sp³-hybridized carbons (Fsp3) is 0.333. The maximum Gasteiger partial charge on any atom is 0.255 e. The predicted molar refractivity (Wildman–Crippen MR) is 92.9 cm³/mol. The lowest BCUT2D eigenvalue weighted by atomic mass is 10.1. The van der Waals surface area contributed by atoms with E-state index in [1.54, 1.807) is 18.3 Å². The van der Waals surface area contributed by atoms with Gasteiger partial charge in [0.2, 0.25) is 0 Å². The number of benzene rings is 1. The predicted octanol–water partition coefficient (Wildman–Crippen LogP) is 3.13. The number of aliphatic hydroxyl groups excluding tert-OH is 1. The summed E-state index contributed by atoms with van der Waals surface area (Å²) >= 11 is 0. The van der Waals surface area contributed by atoms with Gasteiger partial charge in [-0.3, -0.25) is 4.79 Å². The average Bonchev–Trinajstić information content (AvgIpc) is 2.51. The van der Waals surface area contributed by atoms with E-state index in [9.17, 15) is 9.90 Å². The fourth-order valence-corrected chi connectivity index (χ4v) is 2.01.